The fraction of sp³-hybridized carbons (Fsp3) is 0.316. The van der Waals surface area contributed by atoms with Crippen molar-refractivity contribution in [2.24, 2.45) is 0 Å². The van der Waals surface area contributed by atoms with E-state index in [9.17, 15) is 9.59 Å². The summed E-state index contributed by atoms with van der Waals surface area (Å²) in [5.74, 6) is -0.261. The van der Waals surface area contributed by atoms with Gasteiger partial charge in [0, 0.05) is 15.6 Å². The van der Waals surface area contributed by atoms with Gasteiger partial charge in [-0.25, -0.2) is 4.98 Å². The van der Waals surface area contributed by atoms with Crippen LogP contribution < -0.4 is 10.9 Å². The molecule has 26 heavy (non-hydrogen) atoms. The molecular formula is C19H18ClN3O2S. The van der Waals surface area contributed by atoms with Gasteiger partial charge in [0.05, 0.1) is 11.7 Å². The van der Waals surface area contributed by atoms with Crippen molar-refractivity contribution in [3.8, 4) is 0 Å². The first kappa shape index (κ1) is 17.2. The summed E-state index contributed by atoms with van der Waals surface area (Å²) in [6.07, 6.45) is 5.68. The summed E-state index contributed by atoms with van der Waals surface area (Å²) < 4.78 is 1.39. The Labute approximate surface area is 159 Å². The van der Waals surface area contributed by atoms with Gasteiger partial charge in [0.1, 0.15) is 11.4 Å². The largest absolute Gasteiger partial charge is 0.324 e. The van der Waals surface area contributed by atoms with Gasteiger partial charge in [-0.3, -0.25) is 14.2 Å². The lowest BCUT2D eigenvalue weighted by molar-refractivity contribution is -0.116. The number of rotatable bonds is 3. The lowest BCUT2D eigenvalue weighted by Crippen LogP contribution is -2.28. The SMILES string of the molecule is Cc1cc(Cl)ccc1NC(=O)Cn1cnc2sc3c(c2c1=O)CCCC3. The molecular weight excluding hydrogens is 370 g/mol. The molecule has 1 N–H and O–H groups in total. The van der Waals surface area contributed by atoms with E-state index in [1.807, 2.05) is 6.92 Å². The van der Waals surface area contributed by atoms with Crippen molar-refractivity contribution in [1.82, 2.24) is 9.55 Å². The van der Waals surface area contributed by atoms with Gasteiger partial charge in [-0.05, 0) is 61.9 Å². The van der Waals surface area contributed by atoms with Crippen molar-refractivity contribution >= 4 is 44.7 Å². The smallest absolute Gasteiger partial charge is 0.262 e. The zero-order valence-electron chi connectivity index (χ0n) is 14.3. The first-order chi connectivity index (χ1) is 12.5. The van der Waals surface area contributed by atoms with Crippen LogP contribution in [0.2, 0.25) is 5.02 Å². The minimum Gasteiger partial charge on any atom is -0.324 e. The normalized spacial score (nSPS) is 13.6. The summed E-state index contributed by atoms with van der Waals surface area (Å²) in [6, 6.07) is 5.27. The van der Waals surface area contributed by atoms with Gasteiger partial charge in [0.2, 0.25) is 5.91 Å². The van der Waals surface area contributed by atoms with E-state index in [0.717, 1.165) is 41.6 Å². The molecule has 1 aliphatic rings. The molecule has 0 spiro atoms. The second-order valence-corrected chi connectivity index (χ2v) is 8.10. The maximum Gasteiger partial charge on any atom is 0.262 e. The van der Waals surface area contributed by atoms with Crippen LogP contribution in [0.3, 0.4) is 0 Å². The second kappa shape index (κ2) is 6.85. The van der Waals surface area contributed by atoms with Crippen molar-refractivity contribution in [3.05, 3.63) is 55.9 Å². The van der Waals surface area contributed by atoms with E-state index in [-0.39, 0.29) is 18.0 Å². The van der Waals surface area contributed by atoms with E-state index in [0.29, 0.717) is 16.1 Å². The molecule has 0 saturated heterocycles. The van der Waals surface area contributed by atoms with Gasteiger partial charge in [-0.1, -0.05) is 11.6 Å². The Morgan fingerprint density at radius 3 is 2.96 bits per heavy atom. The molecule has 0 unspecified atom stereocenters. The molecule has 0 bridgehead atoms. The van der Waals surface area contributed by atoms with Gasteiger partial charge in [0.25, 0.3) is 5.56 Å². The predicted molar refractivity (Wildman–Crippen MR) is 105 cm³/mol. The number of aromatic nitrogens is 2. The third-order valence-corrected chi connectivity index (χ3v) is 6.15. The Hall–Kier alpha value is -2.18. The van der Waals surface area contributed by atoms with E-state index in [2.05, 4.69) is 10.3 Å². The molecule has 3 aromatic rings. The van der Waals surface area contributed by atoms with Crippen molar-refractivity contribution < 1.29 is 4.79 Å². The number of halogens is 1. The summed E-state index contributed by atoms with van der Waals surface area (Å²) in [4.78, 5) is 31.8. The Balaban J connectivity index is 1.61. The van der Waals surface area contributed by atoms with Crippen LogP contribution in [0.1, 0.15) is 28.8 Å². The second-order valence-electron chi connectivity index (χ2n) is 6.58. The molecule has 1 aromatic carbocycles. The number of fused-ring (bicyclic) bond motifs is 3. The molecule has 2 aromatic heterocycles. The first-order valence-electron chi connectivity index (χ1n) is 8.58. The van der Waals surface area contributed by atoms with E-state index < -0.39 is 0 Å². The van der Waals surface area contributed by atoms with Crippen LogP contribution >= 0.6 is 22.9 Å². The van der Waals surface area contributed by atoms with Crippen molar-refractivity contribution in [2.45, 2.75) is 39.2 Å². The predicted octanol–water partition coefficient (Wildman–Crippen LogP) is 3.94. The summed E-state index contributed by atoms with van der Waals surface area (Å²) >= 11 is 7.55. The number of hydrogen-bond acceptors (Lipinski definition) is 4. The molecule has 4 rings (SSSR count). The average molecular weight is 388 g/mol. The number of nitrogens with zero attached hydrogens (tertiary/aromatic N) is 2. The zero-order chi connectivity index (χ0) is 18.3. The molecule has 134 valence electrons. The highest BCUT2D eigenvalue weighted by Crippen LogP contribution is 2.33. The first-order valence-corrected chi connectivity index (χ1v) is 9.78. The summed E-state index contributed by atoms with van der Waals surface area (Å²) in [6.45, 7) is 1.81. The maximum atomic E-state index is 12.9. The van der Waals surface area contributed by atoms with Crippen molar-refractivity contribution in [1.29, 1.82) is 0 Å². The number of hydrogen-bond donors (Lipinski definition) is 1. The molecule has 7 heteroatoms. The molecule has 1 aliphatic carbocycles. The zero-order valence-corrected chi connectivity index (χ0v) is 15.9. The van der Waals surface area contributed by atoms with Gasteiger partial charge in [-0.15, -0.1) is 11.3 Å². The molecule has 0 radical (unpaired) electrons. The van der Waals surface area contributed by atoms with Gasteiger partial charge in [-0.2, -0.15) is 0 Å². The molecule has 0 saturated carbocycles. The number of amides is 1. The van der Waals surface area contributed by atoms with Gasteiger partial charge in [0.15, 0.2) is 0 Å². The summed E-state index contributed by atoms with van der Waals surface area (Å²) in [7, 11) is 0. The van der Waals surface area contributed by atoms with Crippen LogP contribution in [0.25, 0.3) is 10.2 Å². The number of carbonyl (C=O) groups excluding carboxylic acids is 1. The highest BCUT2D eigenvalue weighted by atomic mass is 35.5. The van der Waals surface area contributed by atoms with Crippen LogP contribution in [0.4, 0.5) is 5.69 Å². The lowest BCUT2D eigenvalue weighted by Gasteiger charge is -2.11. The number of aryl methyl sites for hydroxylation is 3. The van der Waals surface area contributed by atoms with Gasteiger partial charge >= 0.3 is 0 Å². The number of anilines is 1. The molecule has 1 amide bonds. The van der Waals surface area contributed by atoms with Crippen LogP contribution in [0.15, 0.2) is 29.3 Å². The molecule has 5 nitrogen and oxygen atoms in total. The fourth-order valence-electron chi connectivity index (χ4n) is 3.41. The number of benzene rings is 1. The van der Waals surface area contributed by atoms with Crippen LogP contribution in [-0.2, 0) is 24.2 Å². The Morgan fingerprint density at radius 1 is 1.35 bits per heavy atom. The summed E-state index contributed by atoms with van der Waals surface area (Å²) in [5.41, 5.74) is 2.57. The van der Waals surface area contributed by atoms with Crippen LogP contribution in [0.5, 0.6) is 0 Å². The van der Waals surface area contributed by atoms with Crippen LogP contribution in [-0.4, -0.2) is 15.5 Å². The minimum absolute atomic E-state index is 0.0611. The third kappa shape index (κ3) is 3.15. The van der Waals surface area contributed by atoms with E-state index in [4.69, 9.17) is 11.6 Å². The highest BCUT2D eigenvalue weighted by molar-refractivity contribution is 7.18. The molecule has 0 fully saturated rings. The number of nitrogens with one attached hydrogen (secondary N) is 1. The monoisotopic (exact) mass is 387 g/mol. The van der Waals surface area contributed by atoms with E-state index in [1.165, 1.54) is 15.8 Å². The highest BCUT2D eigenvalue weighted by Gasteiger charge is 2.20. The number of carbonyl (C=O) groups is 1. The van der Waals surface area contributed by atoms with E-state index >= 15 is 0 Å². The Bertz CT molecular complexity index is 1070. The maximum absolute atomic E-state index is 12.9. The standard InChI is InChI=1S/C19H18ClN3O2S/c1-11-8-12(20)6-7-14(11)22-16(24)9-23-10-21-18-17(19(23)25)13-4-2-3-5-15(13)26-18/h6-8,10H,2-5,9H2,1H3,(H,22,24). The van der Waals surface area contributed by atoms with E-state index in [1.54, 1.807) is 29.5 Å². The Morgan fingerprint density at radius 2 is 2.15 bits per heavy atom. The van der Waals surface area contributed by atoms with Gasteiger partial charge < -0.3 is 5.32 Å². The Kier molecular flexibility index (Phi) is 4.54. The van der Waals surface area contributed by atoms with Crippen LogP contribution in [0, 0.1) is 6.92 Å². The average Bonchev–Trinajstić information content (AvgIpc) is 2.99. The lowest BCUT2D eigenvalue weighted by atomic mass is 9.97. The topological polar surface area (TPSA) is 64.0 Å². The van der Waals surface area contributed by atoms with Crippen molar-refractivity contribution in [3.63, 3.8) is 0 Å². The molecule has 0 aliphatic heterocycles. The molecule has 0 atom stereocenters. The minimum atomic E-state index is -0.261. The van der Waals surface area contributed by atoms with Crippen molar-refractivity contribution in [2.75, 3.05) is 5.32 Å². The third-order valence-electron chi connectivity index (χ3n) is 4.72. The number of thiophene rings is 1. The molecule has 2 heterocycles. The fourth-order valence-corrected chi connectivity index (χ4v) is 4.85. The quantitative estimate of drug-likeness (QED) is 0.740. The summed E-state index contributed by atoms with van der Waals surface area (Å²) in [5, 5.41) is 4.15.